The van der Waals surface area contributed by atoms with Gasteiger partial charge in [0.05, 0.1) is 5.69 Å². The summed E-state index contributed by atoms with van der Waals surface area (Å²) >= 11 is 1.47. The first kappa shape index (κ1) is 18.3. The average Bonchev–Trinajstić information content (AvgIpc) is 3.10. The van der Waals surface area contributed by atoms with E-state index in [0.717, 1.165) is 30.6 Å². The van der Waals surface area contributed by atoms with Crippen molar-refractivity contribution < 1.29 is 9.36 Å². The molecule has 5 heteroatoms. The number of carbonyl (C=O) groups excluding carboxylic acids is 1. The number of benzene rings is 1. The first-order valence-electron chi connectivity index (χ1n) is 8.89. The Morgan fingerprint density at radius 1 is 1.12 bits per heavy atom. The summed E-state index contributed by atoms with van der Waals surface area (Å²) in [5.74, 6) is 0.0315. The maximum atomic E-state index is 12.1. The highest BCUT2D eigenvalue weighted by molar-refractivity contribution is 7.14. The van der Waals surface area contributed by atoms with Gasteiger partial charge in [0.25, 0.3) is 0 Å². The van der Waals surface area contributed by atoms with Crippen LogP contribution in [0.4, 0.5) is 5.13 Å². The van der Waals surface area contributed by atoms with Gasteiger partial charge in [0.15, 0.2) is 17.5 Å². The second kappa shape index (κ2) is 8.72. The Morgan fingerprint density at radius 3 is 2.69 bits per heavy atom. The summed E-state index contributed by atoms with van der Waals surface area (Å²) in [4.78, 5) is 16.7. The van der Waals surface area contributed by atoms with Gasteiger partial charge < -0.3 is 5.32 Å². The molecule has 2 aromatic heterocycles. The zero-order valence-corrected chi connectivity index (χ0v) is 16.1. The molecule has 0 aliphatic carbocycles. The number of nitrogens with one attached hydrogen (secondary N) is 1. The van der Waals surface area contributed by atoms with Crippen molar-refractivity contribution in [3.63, 3.8) is 0 Å². The van der Waals surface area contributed by atoms with E-state index in [1.54, 1.807) is 0 Å². The van der Waals surface area contributed by atoms with Crippen molar-refractivity contribution in [2.75, 3.05) is 5.32 Å². The predicted molar refractivity (Wildman–Crippen MR) is 106 cm³/mol. The van der Waals surface area contributed by atoms with E-state index in [1.807, 2.05) is 36.0 Å². The van der Waals surface area contributed by atoms with Crippen LogP contribution in [0, 0.1) is 13.8 Å². The van der Waals surface area contributed by atoms with Crippen LogP contribution >= 0.6 is 11.3 Å². The smallest absolute Gasteiger partial charge is 0.226 e. The van der Waals surface area contributed by atoms with Gasteiger partial charge in [-0.3, -0.25) is 4.79 Å². The largest absolute Gasteiger partial charge is 0.302 e. The van der Waals surface area contributed by atoms with Crippen molar-refractivity contribution >= 4 is 22.4 Å². The molecule has 0 saturated heterocycles. The lowest BCUT2D eigenvalue weighted by Gasteiger charge is -2.03. The minimum absolute atomic E-state index is 0.0315. The van der Waals surface area contributed by atoms with Gasteiger partial charge >= 0.3 is 0 Å². The van der Waals surface area contributed by atoms with Crippen LogP contribution < -0.4 is 9.88 Å². The van der Waals surface area contributed by atoms with Gasteiger partial charge in [-0.05, 0) is 37.5 Å². The molecule has 0 aliphatic heterocycles. The van der Waals surface area contributed by atoms with Crippen LogP contribution in [0.15, 0.2) is 54.2 Å². The molecular formula is C21H24N3OS+. The number of aromatic nitrogens is 2. The number of pyridine rings is 1. The van der Waals surface area contributed by atoms with Crippen LogP contribution in [-0.2, 0) is 11.3 Å². The first-order chi connectivity index (χ1) is 12.6. The summed E-state index contributed by atoms with van der Waals surface area (Å²) in [6.45, 7) is 5.13. The lowest BCUT2D eigenvalue weighted by Crippen LogP contribution is -2.32. The van der Waals surface area contributed by atoms with Gasteiger partial charge in [-0.1, -0.05) is 18.2 Å². The number of hydrogen-bond acceptors (Lipinski definition) is 3. The normalized spacial score (nSPS) is 10.7. The fourth-order valence-electron chi connectivity index (χ4n) is 2.71. The van der Waals surface area contributed by atoms with E-state index in [1.165, 1.54) is 22.5 Å². The minimum Gasteiger partial charge on any atom is -0.302 e. The van der Waals surface area contributed by atoms with Crippen molar-refractivity contribution in [3.8, 4) is 11.3 Å². The van der Waals surface area contributed by atoms with Crippen molar-refractivity contribution in [1.29, 1.82) is 0 Å². The number of rotatable bonds is 7. The second-order valence-corrected chi connectivity index (χ2v) is 7.31. The highest BCUT2D eigenvalue weighted by atomic mass is 32.1. The van der Waals surface area contributed by atoms with E-state index >= 15 is 0 Å². The lowest BCUT2D eigenvalue weighted by atomic mass is 10.1. The molecule has 0 unspecified atom stereocenters. The van der Waals surface area contributed by atoms with Crippen LogP contribution in [0.25, 0.3) is 11.3 Å². The molecule has 1 N–H and O–H groups in total. The quantitative estimate of drug-likeness (QED) is 0.493. The molecule has 0 atom stereocenters. The van der Waals surface area contributed by atoms with Crippen LogP contribution in [0.2, 0.25) is 0 Å². The number of anilines is 1. The Hall–Kier alpha value is -2.53. The zero-order chi connectivity index (χ0) is 18.4. The number of amides is 1. The lowest BCUT2D eigenvalue weighted by molar-refractivity contribution is -0.697. The van der Waals surface area contributed by atoms with Crippen molar-refractivity contribution in [1.82, 2.24) is 4.98 Å². The van der Waals surface area contributed by atoms with E-state index < -0.39 is 0 Å². The highest BCUT2D eigenvalue weighted by Crippen LogP contribution is 2.26. The molecule has 0 radical (unpaired) electrons. The fourth-order valence-corrected chi connectivity index (χ4v) is 3.45. The number of unbranched alkanes of at least 4 members (excludes halogenated alkanes) is 1. The molecule has 3 rings (SSSR count). The molecule has 2 heterocycles. The number of carbonyl (C=O) groups is 1. The molecule has 0 bridgehead atoms. The molecule has 0 spiro atoms. The summed E-state index contributed by atoms with van der Waals surface area (Å²) in [5, 5.41) is 5.58. The Balaban J connectivity index is 1.47. The van der Waals surface area contributed by atoms with Gasteiger partial charge in [0.2, 0.25) is 5.91 Å². The number of nitrogens with zero attached hydrogens (tertiary/aromatic N) is 2. The summed E-state index contributed by atoms with van der Waals surface area (Å²) in [6.07, 6.45) is 6.46. The van der Waals surface area contributed by atoms with E-state index in [0.29, 0.717) is 11.6 Å². The Labute approximate surface area is 158 Å². The van der Waals surface area contributed by atoms with Crippen LogP contribution in [0.3, 0.4) is 0 Å². The summed E-state index contributed by atoms with van der Waals surface area (Å²) in [5.41, 5.74) is 4.52. The molecule has 134 valence electrons. The third-order valence-corrected chi connectivity index (χ3v) is 5.16. The number of aryl methyl sites for hydroxylation is 3. The third-order valence-electron chi connectivity index (χ3n) is 4.40. The van der Waals surface area contributed by atoms with E-state index in [-0.39, 0.29) is 5.91 Å². The molecular weight excluding hydrogens is 342 g/mol. The molecule has 3 aromatic rings. The van der Waals surface area contributed by atoms with Crippen molar-refractivity contribution in [2.24, 2.45) is 0 Å². The van der Waals surface area contributed by atoms with Crippen LogP contribution in [-0.4, -0.2) is 10.9 Å². The summed E-state index contributed by atoms with van der Waals surface area (Å²) < 4.78 is 2.13. The van der Waals surface area contributed by atoms with Gasteiger partial charge in [0.1, 0.15) is 6.54 Å². The Morgan fingerprint density at radius 2 is 1.92 bits per heavy atom. The molecule has 1 amide bonds. The van der Waals surface area contributed by atoms with E-state index in [2.05, 4.69) is 46.9 Å². The third kappa shape index (κ3) is 4.99. The minimum atomic E-state index is 0.0315. The zero-order valence-electron chi connectivity index (χ0n) is 15.2. The number of hydrogen-bond donors (Lipinski definition) is 1. The Kier molecular flexibility index (Phi) is 6.12. The highest BCUT2D eigenvalue weighted by Gasteiger charge is 2.09. The SMILES string of the molecule is Cc1ccc(-c2csc(NC(=O)CCCC[n+]3ccccc3)n2)cc1C. The van der Waals surface area contributed by atoms with E-state index in [9.17, 15) is 4.79 Å². The van der Waals surface area contributed by atoms with Gasteiger partial charge in [0, 0.05) is 35.9 Å². The van der Waals surface area contributed by atoms with Crippen molar-refractivity contribution in [3.05, 3.63) is 65.3 Å². The standard InChI is InChI=1S/C21H23N3OS/c1-16-9-10-18(14-17(16)2)19-15-26-21(22-19)23-20(25)8-4-7-13-24-11-5-3-6-12-24/h3,5-6,9-12,14-15H,4,7-8,13H2,1-2H3/p+1. The van der Waals surface area contributed by atoms with Crippen LogP contribution in [0.5, 0.6) is 0 Å². The second-order valence-electron chi connectivity index (χ2n) is 6.46. The molecule has 0 fully saturated rings. The molecule has 26 heavy (non-hydrogen) atoms. The fraction of sp³-hybridized carbons (Fsp3) is 0.286. The van der Waals surface area contributed by atoms with E-state index in [4.69, 9.17) is 0 Å². The monoisotopic (exact) mass is 366 g/mol. The topological polar surface area (TPSA) is 45.9 Å². The van der Waals surface area contributed by atoms with Gasteiger partial charge in [-0.25, -0.2) is 9.55 Å². The average molecular weight is 367 g/mol. The maximum absolute atomic E-state index is 12.1. The molecule has 0 saturated carbocycles. The van der Waals surface area contributed by atoms with Gasteiger partial charge in [-0.15, -0.1) is 11.3 Å². The molecule has 4 nitrogen and oxygen atoms in total. The van der Waals surface area contributed by atoms with Crippen molar-refractivity contribution in [2.45, 2.75) is 39.7 Å². The van der Waals surface area contributed by atoms with Crippen LogP contribution in [0.1, 0.15) is 30.4 Å². The predicted octanol–water partition coefficient (Wildman–Crippen LogP) is 4.52. The van der Waals surface area contributed by atoms with Gasteiger partial charge in [-0.2, -0.15) is 0 Å². The summed E-state index contributed by atoms with van der Waals surface area (Å²) in [7, 11) is 0. The number of thiazole rings is 1. The molecule has 0 aliphatic rings. The molecule has 1 aromatic carbocycles. The maximum Gasteiger partial charge on any atom is 0.226 e. The first-order valence-corrected chi connectivity index (χ1v) is 9.77. The summed E-state index contributed by atoms with van der Waals surface area (Å²) in [6, 6.07) is 12.4. The Bertz CT molecular complexity index is 874.